The van der Waals surface area contributed by atoms with Gasteiger partial charge in [0.2, 0.25) is 5.82 Å². The fourth-order valence-electron chi connectivity index (χ4n) is 2.82. The maximum atomic E-state index is 4.62. The summed E-state index contributed by atoms with van der Waals surface area (Å²) in [6.07, 6.45) is 5.41. The van der Waals surface area contributed by atoms with Gasteiger partial charge < -0.3 is 4.98 Å². The highest BCUT2D eigenvalue weighted by molar-refractivity contribution is 5.89. The van der Waals surface area contributed by atoms with Crippen LogP contribution in [0.1, 0.15) is 12.2 Å². The average molecular weight is 277 g/mol. The Morgan fingerprint density at radius 1 is 1.24 bits per heavy atom. The third-order valence-corrected chi connectivity index (χ3v) is 3.82. The van der Waals surface area contributed by atoms with Crippen LogP contribution in [0, 0.1) is 6.92 Å². The highest BCUT2D eigenvalue weighted by Gasteiger charge is 2.21. The van der Waals surface area contributed by atoms with E-state index in [0.29, 0.717) is 0 Å². The standard InChI is InChI=1S/C17H16N4/c1-12-18-15-11-14(13-7-3-2-4-8-13)20-16(15)17(19-12)21-9-5-6-10-21/h2-5,7-9,11,20H,6,10H2,1H3/p+1. The zero-order chi connectivity index (χ0) is 14.2. The van der Waals surface area contributed by atoms with Crippen LogP contribution in [0.5, 0.6) is 0 Å². The van der Waals surface area contributed by atoms with E-state index in [4.69, 9.17) is 0 Å². The van der Waals surface area contributed by atoms with Crippen molar-refractivity contribution in [3.8, 4) is 11.3 Å². The molecule has 1 aromatic carbocycles. The number of rotatable bonds is 2. The number of benzene rings is 1. The second-order valence-electron chi connectivity index (χ2n) is 5.35. The van der Waals surface area contributed by atoms with Gasteiger partial charge in [-0.15, -0.1) is 4.98 Å². The Morgan fingerprint density at radius 2 is 2.10 bits per heavy atom. The molecule has 1 aliphatic rings. The van der Waals surface area contributed by atoms with Crippen molar-refractivity contribution in [2.75, 3.05) is 11.4 Å². The molecule has 0 atom stereocenters. The molecule has 3 heterocycles. The number of aromatic amines is 2. The molecule has 4 rings (SSSR count). The highest BCUT2D eigenvalue weighted by atomic mass is 15.2. The smallest absolute Gasteiger partial charge is 0.253 e. The molecular weight excluding hydrogens is 260 g/mol. The van der Waals surface area contributed by atoms with Crippen molar-refractivity contribution < 1.29 is 4.98 Å². The van der Waals surface area contributed by atoms with E-state index in [1.807, 2.05) is 13.0 Å². The number of fused-ring (bicyclic) bond motifs is 1. The Kier molecular flexibility index (Phi) is 2.74. The molecule has 0 amide bonds. The van der Waals surface area contributed by atoms with Crippen LogP contribution in [-0.4, -0.2) is 16.5 Å². The molecule has 3 aromatic rings. The second-order valence-corrected chi connectivity index (χ2v) is 5.35. The Balaban J connectivity index is 1.90. The van der Waals surface area contributed by atoms with Gasteiger partial charge in [0, 0.05) is 18.7 Å². The first-order valence-corrected chi connectivity index (χ1v) is 7.22. The first-order chi connectivity index (χ1) is 10.3. The Morgan fingerprint density at radius 3 is 2.86 bits per heavy atom. The van der Waals surface area contributed by atoms with Gasteiger partial charge in [0.15, 0.2) is 11.0 Å². The van der Waals surface area contributed by atoms with Gasteiger partial charge in [-0.05, 0) is 18.1 Å². The number of aromatic nitrogens is 3. The van der Waals surface area contributed by atoms with Crippen LogP contribution < -0.4 is 9.88 Å². The first kappa shape index (κ1) is 12.1. The minimum atomic E-state index is 0.927. The number of anilines is 1. The number of aryl methyl sites for hydroxylation is 1. The van der Waals surface area contributed by atoms with Crippen LogP contribution in [0.15, 0.2) is 48.7 Å². The number of hydrogen-bond acceptors (Lipinski definition) is 2. The molecule has 0 saturated heterocycles. The van der Waals surface area contributed by atoms with E-state index < -0.39 is 0 Å². The predicted molar refractivity (Wildman–Crippen MR) is 83.9 cm³/mol. The Bertz CT molecular complexity index is 817. The van der Waals surface area contributed by atoms with E-state index in [2.05, 4.69) is 62.5 Å². The zero-order valence-electron chi connectivity index (χ0n) is 11.9. The van der Waals surface area contributed by atoms with Gasteiger partial charge in [0.25, 0.3) is 5.82 Å². The molecular formula is C17H17N4+. The summed E-state index contributed by atoms with van der Waals surface area (Å²) >= 11 is 0. The van der Waals surface area contributed by atoms with Gasteiger partial charge in [0.05, 0.1) is 12.7 Å². The molecule has 2 aromatic heterocycles. The Hall–Kier alpha value is -2.62. The molecule has 1 aliphatic heterocycles. The van der Waals surface area contributed by atoms with Crippen molar-refractivity contribution in [2.24, 2.45) is 0 Å². The maximum absolute atomic E-state index is 4.62. The fraction of sp³-hybridized carbons (Fsp3) is 0.176. The topological polar surface area (TPSA) is 46.1 Å². The molecule has 4 nitrogen and oxygen atoms in total. The minimum Gasteiger partial charge on any atom is -0.347 e. The number of nitrogens with zero attached hydrogens (tertiary/aromatic N) is 2. The summed E-state index contributed by atoms with van der Waals surface area (Å²) in [5.41, 5.74) is 4.34. The molecule has 0 aliphatic carbocycles. The summed E-state index contributed by atoms with van der Waals surface area (Å²) in [4.78, 5) is 13.8. The van der Waals surface area contributed by atoms with Crippen LogP contribution in [0.4, 0.5) is 5.82 Å². The van der Waals surface area contributed by atoms with Crippen molar-refractivity contribution in [2.45, 2.75) is 13.3 Å². The van der Waals surface area contributed by atoms with E-state index >= 15 is 0 Å². The summed E-state index contributed by atoms with van der Waals surface area (Å²) in [7, 11) is 0. The molecule has 0 bridgehead atoms. The van der Waals surface area contributed by atoms with E-state index in [-0.39, 0.29) is 0 Å². The molecule has 4 heteroatoms. The summed E-state index contributed by atoms with van der Waals surface area (Å²) < 4.78 is 0. The van der Waals surface area contributed by atoms with Crippen molar-refractivity contribution in [3.05, 3.63) is 54.5 Å². The van der Waals surface area contributed by atoms with E-state index in [1.54, 1.807) is 0 Å². The van der Waals surface area contributed by atoms with Gasteiger partial charge in [-0.25, -0.2) is 4.98 Å². The lowest BCUT2D eigenvalue weighted by Crippen LogP contribution is -2.25. The fourth-order valence-corrected chi connectivity index (χ4v) is 2.82. The normalized spacial score (nSPS) is 14.2. The van der Waals surface area contributed by atoms with Gasteiger partial charge in [-0.3, -0.25) is 4.90 Å². The third kappa shape index (κ3) is 2.09. The van der Waals surface area contributed by atoms with Crippen LogP contribution in [0.3, 0.4) is 0 Å². The van der Waals surface area contributed by atoms with Crippen LogP contribution >= 0.6 is 0 Å². The minimum absolute atomic E-state index is 0.927. The van der Waals surface area contributed by atoms with Crippen LogP contribution in [0.25, 0.3) is 22.3 Å². The molecule has 2 N–H and O–H groups in total. The van der Waals surface area contributed by atoms with Gasteiger partial charge in [0.1, 0.15) is 0 Å². The van der Waals surface area contributed by atoms with Gasteiger partial charge in [-0.1, -0.05) is 30.3 Å². The number of hydrogen-bond donors (Lipinski definition) is 1. The van der Waals surface area contributed by atoms with Crippen molar-refractivity contribution in [1.82, 2.24) is 9.97 Å². The molecule has 21 heavy (non-hydrogen) atoms. The maximum Gasteiger partial charge on any atom is 0.253 e. The van der Waals surface area contributed by atoms with Crippen LogP contribution in [-0.2, 0) is 0 Å². The third-order valence-electron chi connectivity index (χ3n) is 3.82. The summed E-state index contributed by atoms with van der Waals surface area (Å²) in [5.74, 6) is 2.02. The second kappa shape index (κ2) is 4.74. The summed E-state index contributed by atoms with van der Waals surface area (Å²) in [6.45, 7) is 3.01. The van der Waals surface area contributed by atoms with Crippen molar-refractivity contribution >= 4 is 16.9 Å². The lowest BCUT2D eigenvalue weighted by molar-refractivity contribution is -0.376. The zero-order valence-corrected chi connectivity index (χ0v) is 11.9. The molecule has 0 radical (unpaired) electrons. The highest BCUT2D eigenvalue weighted by Crippen LogP contribution is 2.28. The number of H-pyrrole nitrogens is 2. The SMILES string of the molecule is Cc1nc2cc(-c3ccccc3)[nH]c2c(N2C=CCC2)[nH+]1. The average Bonchev–Trinajstić information content (AvgIpc) is 3.16. The largest absolute Gasteiger partial charge is 0.347 e. The molecule has 0 saturated carbocycles. The van der Waals surface area contributed by atoms with Crippen molar-refractivity contribution in [3.63, 3.8) is 0 Å². The lowest BCUT2D eigenvalue weighted by Gasteiger charge is -2.09. The quantitative estimate of drug-likeness (QED) is 0.782. The monoisotopic (exact) mass is 277 g/mol. The molecule has 104 valence electrons. The summed E-state index contributed by atoms with van der Waals surface area (Å²) in [5, 5.41) is 0. The van der Waals surface area contributed by atoms with E-state index in [1.165, 1.54) is 5.56 Å². The lowest BCUT2D eigenvalue weighted by atomic mass is 10.2. The Labute approximate surface area is 123 Å². The van der Waals surface area contributed by atoms with Crippen molar-refractivity contribution in [1.29, 1.82) is 0 Å². The predicted octanol–water partition coefficient (Wildman–Crippen LogP) is 3.08. The van der Waals surface area contributed by atoms with Gasteiger partial charge in [-0.2, -0.15) is 0 Å². The number of nitrogens with one attached hydrogen (secondary N) is 2. The molecule has 0 unspecified atom stereocenters. The van der Waals surface area contributed by atoms with Crippen LogP contribution in [0.2, 0.25) is 0 Å². The van der Waals surface area contributed by atoms with E-state index in [0.717, 1.165) is 41.3 Å². The first-order valence-electron chi connectivity index (χ1n) is 7.22. The molecule has 0 spiro atoms. The van der Waals surface area contributed by atoms with Gasteiger partial charge >= 0.3 is 0 Å². The summed E-state index contributed by atoms with van der Waals surface area (Å²) in [6, 6.07) is 12.5. The molecule has 0 fully saturated rings. The van der Waals surface area contributed by atoms with E-state index in [9.17, 15) is 0 Å².